The lowest BCUT2D eigenvalue weighted by Crippen LogP contribution is -2.48. The van der Waals surface area contributed by atoms with Gasteiger partial charge in [0.25, 0.3) is 0 Å². The van der Waals surface area contributed by atoms with E-state index in [9.17, 15) is 4.79 Å². The smallest absolute Gasteiger partial charge is 0.237 e. The van der Waals surface area contributed by atoms with E-state index in [0.717, 1.165) is 12.4 Å². The van der Waals surface area contributed by atoms with Crippen LogP contribution in [-0.4, -0.2) is 26.7 Å². The molecule has 0 fully saturated rings. The van der Waals surface area contributed by atoms with Crippen LogP contribution in [0.4, 0.5) is 0 Å². The summed E-state index contributed by atoms with van der Waals surface area (Å²) in [5.74, 6) is 0.574. The topological polar surface area (TPSA) is 85.8 Å². The average molecular weight is 312 g/mol. The van der Waals surface area contributed by atoms with Crippen molar-refractivity contribution in [2.75, 3.05) is 0 Å². The van der Waals surface area contributed by atoms with Crippen molar-refractivity contribution >= 4 is 30.7 Å². The van der Waals surface area contributed by atoms with Crippen LogP contribution < -0.4 is 11.1 Å². The van der Waals surface area contributed by atoms with Crippen LogP contribution in [0.2, 0.25) is 0 Å². The molecule has 0 spiro atoms. The van der Waals surface area contributed by atoms with Crippen molar-refractivity contribution in [3.8, 4) is 0 Å². The summed E-state index contributed by atoms with van der Waals surface area (Å²) in [7, 11) is 0. The van der Waals surface area contributed by atoms with Gasteiger partial charge in [-0.25, -0.2) is 0 Å². The molecule has 0 saturated heterocycles. The summed E-state index contributed by atoms with van der Waals surface area (Å²) in [6.45, 7) is 8.94. The van der Waals surface area contributed by atoms with Gasteiger partial charge < -0.3 is 15.6 Å². The molecule has 8 heteroatoms. The Hall–Kier alpha value is -0.850. The number of nitrogens with two attached hydrogens (primary N) is 1. The van der Waals surface area contributed by atoms with Crippen LogP contribution in [0.3, 0.4) is 0 Å². The quantitative estimate of drug-likeness (QED) is 0.873. The normalized spacial score (nSPS) is 12.1. The van der Waals surface area contributed by atoms with E-state index in [1.165, 1.54) is 0 Å². The molecule has 0 saturated carbocycles. The maximum absolute atomic E-state index is 11.8. The predicted molar refractivity (Wildman–Crippen MR) is 79.5 cm³/mol. The summed E-state index contributed by atoms with van der Waals surface area (Å²) in [5.41, 5.74) is 5.60. The highest BCUT2D eigenvalue weighted by atomic mass is 35.5. The Kier molecular flexibility index (Phi) is 8.99. The van der Waals surface area contributed by atoms with Gasteiger partial charge in [0, 0.05) is 6.54 Å². The second-order valence-corrected chi connectivity index (χ2v) is 5.09. The number of nitrogens with zero attached hydrogens (tertiary/aromatic N) is 3. The predicted octanol–water partition coefficient (Wildman–Crippen LogP) is 1.13. The Labute approximate surface area is 126 Å². The number of halogens is 2. The Morgan fingerprint density at radius 2 is 2.05 bits per heavy atom. The minimum atomic E-state index is -0.527. The molecule has 112 valence electrons. The molecular formula is C11H23Cl2N5O. The summed E-state index contributed by atoms with van der Waals surface area (Å²) < 4.78 is 1.88. The molecule has 0 radical (unpaired) electrons. The van der Waals surface area contributed by atoms with Crippen molar-refractivity contribution < 1.29 is 4.79 Å². The largest absolute Gasteiger partial charge is 0.347 e. The zero-order chi connectivity index (χ0) is 13.1. The second-order valence-electron chi connectivity index (χ2n) is 5.09. The number of carbonyl (C=O) groups excluding carboxylic acids is 1. The van der Waals surface area contributed by atoms with E-state index >= 15 is 0 Å². The summed E-state index contributed by atoms with van der Waals surface area (Å²) >= 11 is 0. The minimum Gasteiger partial charge on any atom is -0.347 e. The average Bonchev–Trinajstić information content (AvgIpc) is 2.70. The maximum atomic E-state index is 11.8. The van der Waals surface area contributed by atoms with Crippen molar-refractivity contribution in [1.82, 2.24) is 20.1 Å². The molecule has 1 atom stereocenters. The van der Waals surface area contributed by atoms with E-state index < -0.39 is 6.04 Å². The van der Waals surface area contributed by atoms with E-state index in [1.807, 2.05) is 32.3 Å². The number of carbonyl (C=O) groups is 1. The van der Waals surface area contributed by atoms with Gasteiger partial charge in [-0.3, -0.25) is 4.79 Å². The molecular weight excluding hydrogens is 289 g/mol. The third-order valence-electron chi connectivity index (χ3n) is 2.67. The zero-order valence-corrected chi connectivity index (χ0v) is 13.3. The fraction of sp³-hybridized carbons (Fsp3) is 0.727. The van der Waals surface area contributed by atoms with Crippen LogP contribution in [0, 0.1) is 5.41 Å². The fourth-order valence-corrected chi connectivity index (χ4v) is 1.35. The van der Waals surface area contributed by atoms with Gasteiger partial charge in [-0.05, 0) is 12.3 Å². The molecule has 1 heterocycles. The summed E-state index contributed by atoms with van der Waals surface area (Å²) in [4.78, 5) is 11.8. The lowest BCUT2D eigenvalue weighted by atomic mass is 9.87. The molecule has 1 aromatic heterocycles. The lowest BCUT2D eigenvalue weighted by molar-refractivity contribution is -0.124. The Bertz CT molecular complexity index is 389. The van der Waals surface area contributed by atoms with Crippen LogP contribution in [0.25, 0.3) is 0 Å². The van der Waals surface area contributed by atoms with Gasteiger partial charge in [0.15, 0.2) is 5.82 Å². The van der Waals surface area contributed by atoms with E-state index in [0.29, 0.717) is 6.54 Å². The second kappa shape index (κ2) is 8.35. The Morgan fingerprint density at radius 3 is 2.53 bits per heavy atom. The standard InChI is InChI=1S/C11H21N5O.2ClH/c1-5-16-7-14-15-8(16)6-13-10(17)9(12)11(2,3)4;;/h7,9H,5-6,12H2,1-4H3,(H,13,17);2*1H/t9-;;/m1../s1. The van der Waals surface area contributed by atoms with E-state index in [1.54, 1.807) is 6.33 Å². The first-order valence-electron chi connectivity index (χ1n) is 5.76. The number of nitrogens with one attached hydrogen (secondary N) is 1. The van der Waals surface area contributed by atoms with Crippen molar-refractivity contribution in [1.29, 1.82) is 0 Å². The van der Waals surface area contributed by atoms with Gasteiger partial charge >= 0.3 is 0 Å². The van der Waals surface area contributed by atoms with Crippen LogP contribution in [-0.2, 0) is 17.9 Å². The highest BCUT2D eigenvalue weighted by Crippen LogP contribution is 2.17. The third-order valence-corrected chi connectivity index (χ3v) is 2.67. The minimum absolute atomic E-state index is 0. The molecule has 1 rings (SSSR count). The summed E-state index contributed by atoms with van der Waals surface area (Å²) in [5, 5.41) is 10.5. The van der Waals surface area contributed by atoms with Gasteiger partial charge in [0.1, 0.15) is 6.33 Å². The molecule has 0 unspecified atom stereocenters. The number of hydrogen-bond donors (Lipinski definition) is 2. The highest BCUT2D eigenvalue weighted by Gasteiger charge is 2.27. The number of amides is 1. The third kappa shape index (κ3) is 5.76. The van der Waals surface area contributed by atoms with Crippen LogP contribution in [0.5, 0.6) is 0 Å². The van der Waals surface area contributed by atoms with Crippen molar-refractivity contribution in [3.05, 3.63) is 12.2 Å². The van der Waals surface area contributed by atoms with E-state index in [-0.39, 0.29) is 36.1 Å². The summed E-state index contributed by atoms with van der Waals surface area (Å²) in [6, 6.07) is -0.527. The first-order chi connectivity index (χ1) is 7.86. The molecule has 6 nitrogen and oxygen atoms in total. The zero-order valence-electron chi connectivity index (χ0n) is 11.7. The van der Waals surface area contributed by atoms with E-state index in [2.05, 4.69) is 15.5 Å². The molecule has 0 aromatic carbocycles. The molecule has 0 aliphatic heterocycles. The molecule has 19 heavy (non-hydrogen) atoms. The van der Waals surface area contributed by atoms with Gasteiger partial charge in [-0.2, -0.15) is 0 Å². The number of aryl methyl sites for hydroxylation is 1. The molecule has 0 bridgehead atoms. The highest BCUT2D eigenvalue weighted by molar-refractivity contribution is 5.85. The number of hydrogen-bond acceptors (Lipinski definition) is 4. The van der Waals surface area contributed by atoms with Crippen molar-refractivity contribution in [3.63, 3.8) is 0 Å². The van der Waals surface area contributed by atoms with Crippen molar-refractivity contribution in [2.24, 2.45) is 11.1 Å². The molecule has 1 amide bonds. The number of rotatable bonds is 4. The fourth-order valence-electron chi connectivity index (χ4n) is 1.35. The molecule has 3 N–H and O–H groups in total. The lowest BCUT2D eigenvalue weighted by Gasteiger charge is -2.25. The Balaban J connectivity index is 0. The summed E-state index contributed by atoms with van der Waals surface area (Å²) in [6.07, 6.45) is 1.64. The Morgan fingerprint density at radius 1 is 1.47 bits per heavy atom. The van der Waals surface area contributed by atoms with Gasteiger partial charge in [0.2, 0.25) is 5.91 Å². The van der Waals surface area contributed by atoms with E-state index in [4.69, 9.17) is 5.73 Å². The van der Waals surface area contributed by atoms with Crippen molar-refractivity contribution in [2.45, 2.75) is 46.8 Å². The van der Waals surface area contributed by atoms with Crippen LogP contribution >= 0.6 is 24.8 Å². The maximum Gasteiger partial charge on any atom is 0.237 e. The van der Waals surface area contributed by atoms with Gasteiger partial charge in [0.05, 0.1) is 12.6 Å². The number of aromatic nitrogens is 3. The first-order valence-corrected chi connectivity index (χ1v) is 5.76. The van der Waals surface area contributed by atoms with Crippen LogP contribution in [0.15, 0.2) is 6.33 Å². The van der Waals surface area contributed by atoms with Gasteiger partial charge in [-0.1, -0.05) is 20.8 Å². The molecule has 0 aliphatic rings. The van der Waals surface area contributed by atoms with Crippen LogP contribution in [0.1, 0.15) is 33.5 Å². The van der Waals surface area contributed by atoms with Gasteiger partial charge in [-0.15, -0.1) is 35.0 Å². The SMILES string of the molecule is CCn1cnnc1CNC(=O)[C@@H](N)C(C)(C)C.Cl.Cl. The first kappa shape index (κ1) is 20.5. The molecule has 0 aliphatic carbocycles. The molecule has 1 aromatic rings. The monoisotopic (exact) mass is 311 g/mol.